The first-order valence-corrected chi connectivity index (χ1v) is 14.8. The van der Waals surface area contributed by atoms with E-state index in [-0.39, 0.29) is 11.7 Å². The second-order valence-corrected chi connectivity index (χ2v) is 10.1. The fraction of sp³-hybridized carbons (Fsp3) is 0.314. The molecule has 3 aromatic carbocycles. The van der Waals surface area contributed by atoms with E-state index in [1.807, 2.05) is 66.7 Å². The normalized spacial score (nSPS) is 10.8. The van der Waals surface area contributed by atoms with E-state index in [4.69, 9.17) is 24.4 Å². The molecule has 0 aliphatic heterocycles. The minimum absolute atomic E-state index is 0.0654. The number of nitrogens with zero attached hydrogens (tertiary/aromatic N) is 3. The highest BCUT2D eigenvalue weighted by molar-refractivity contribution is 5.81. The van der Waals surface area contributed by atoms with Gasteiger partial charge in [-0.25, -0.2) is 19.7 Å². The van der Waals surface area contributed by atoms with E-state index in [0.717, 1.165) is 36.8 Å². The number of esters is 1. The van der Waals surface area contributed by atoms with Crippen LogP contribution >= 0.6 is 0 Å². The number of aromatic hydroxyl groups is 1. The molecule has 0 unspecified atom stereocenters. The first-order chi connectivity index (χ1) is 20.6. The first kappa shape index (κ1) is 30.4. The van der Waals surface area contributed by atoms with E-state index < -0.39 is 0 Å². The third kappa shape index (κ3) is 9.54. The molecule has 4 rings (SSSR count). The Morgan fingerprint density at radius 2 is 1.17 bits per heavy atom. The van der Waals surface area contributed by atoms with Crippen LogP contribution < -0.4 is 4.74 Å². The van der Waals surface area contributed by atoms with Crippen molar-refractivity contribution in [3.63, 3.8) is 0 Å². The number of benzene rings is 3. The number of unbranched alkanes of at least 4 members (excludes halogenated alkanes) is 8. The molecule has 1 N–H and O–H groups in total. The molecule has 0 amide bonds. The molecule has 4 aromatic rings. The van der Waals surface area contributed by atoms with Crippen LogP contribution in [0.2, 0.25) is 0 Å². The topological polar surface area (TPSA) is 94.4 Å². The van der Waals surface area contributed by atoms with Gasteiger partial charge in [0.05, 0.1) is 18.8 Å². The first-order valence-electron chi connectivity index (χ1n) is 14.8. The van der Waals surface area contributed by atoms with Gasteiger partial charge in [0.15, 0.2) is 17.5 Å². The number of aromatic nitrogens is 3. The van der Waals surface area contributed by atoms with Crippen molar-refractivity contribution >= 4 is 5.97 Å². The van der Waals surface area contributed by atoms with Crippen LogP contribution in [0.3, 0.4) is 0 Å². The summed E-state index contributed by atoms with van der Waals surface area (Å²) in [5.41, 5.74) is 2.28. The van der Waals surface area contributed by atoms with Crippen LogP contribution in [0, 0.1) is 0 Å². The van der Waals surface area contributed by atoms with Gasteiger partial charge in [0.25, 0.3) is 0 Å². The summed E-state index contributed by atoms with van der Waals surface area (Å²) in [6.45, 7) is 4.47. The summed E-state index contributed by atoms with van der Waals surface area (Å²) in [6, 6.07) is 24.8. The third-order valence-corrected chi connectivity index (χ3v) is 6.88. The zero-order valence-corrected chi connectivity index (χ0v) is 24.1. The molecule has 0 fully saturated rings. The predicted octanol–water partition coefficient (Wildman–Crippen LogP) is 8.20. The summed E-state index contributed by atoms with van der Waals surface area (Å²) >= 11 is 0. The Bertz CT molecular complexity index is 1350. The highest BCUT2D eigenvalue weighted by atomic mass is 16.5. The van der Waals surface area contributed by atoms with Crippen molar-refractivity contribution in [3.05, 3.63) is 91.5 Å². The van der Waals surface area contributed by atoms with Gasteiger partial charge in [-0.3, -0.25) is 0 Å². The summed E-state index contributed by atoms with van der Waals surface area (Å²) in [6.07, 6.45) is 11.2. The second kappa shape index (κ2) is 16.7. The largest absolute Gasteiger partial charge is 0.507 e. The molecule has 7 nitrogen and oxygen atoms in total. The van der Waals surface area contributed by atoms with Crippen LogP contribution in [-0.2, 0) is 9.53 Å². The maximum Gasteiger partial charge on any atom is 0.330 e. The molecular formula is C35H39N3O4. The van der Waals surface area contributed by atoms with Crippen molar-refractivity contribution in [3.8, 4) is 45.7 Å². The number of ether oxygens (including phenoxy) is 2. The van der Waals surface area contributed by atoms with E-state index in [9.17, 15) is 9.90 Å². The molecule has 0 bridgehead atoms. The molecule has 0 atom stereocenters. The quantitative estimate of drug-likeness (QED) is 0.0783. The van der Waals surface area contributed by atoms with Gasteiger partial charge >= 0.3 is 5.97 Å². The van der Waals surface area contributed by atoms with Gasteiger partial charge in [-0.2, -0.15) is 0 Å². The van der Waals surface area contributed by atoms with Gasteiger partial charge in [0.1, 0.15) is 11.5 Å². The van der Waals surface area contributed by atoms with Crippen molar-refractivity contribution < 1.29 is 19.4 Å². The standard InChI is InChI=1S/C35H39N3O4/c1-2-32(40)42-25-17-9-7-5-3-4-6-8-16-24-41-29-22-23-30(31(39)26-29)35-37-33(27-18-12-10-13-19-27)36-34(38-35)28-20-14-11-15-21-28/h2,10-15,18-23,26,39H,1,3-9,16-17,24-25H2. The van der Waals surface area contributed by atoms with Crippen LogP contribution in [0.15, 0.2) is 91.5 Å². The van der Waals surface area contributed by atoms with Crippen LogP contribution in [0.25, 0.3) is 34.2 Å². The maximum absolute atomic E-state index is 11.0. The Labute approximate surface area is 248 Å². The van der Waals surface area contributed by atoms with Gasteiger partial charge < -0.3 is 14.6 Å². The Kier molecular flexibility index (Phi) is 12.1. The molecule has 0 spiro atoms. The lowest BCUT2D eigenvalue weighted by molar-refractivity contribution is -0.137. The average molecular weight is 566 g/mol. The smallest absolute Gasteiger partial charge is 0.330 e. The molecule has 7 heteroatoms. The fourth-order valence-corrected chi connectivity index (χ4v) is 4.58. The Balaban J connectivity index is 1.24. The SMILES string of the molecule is C=CC(=O)OCCCCCCCCCCCOc1ccc(-c2nc(-c3ccccc3)nc(-c3ccccc3)n2)c(O)c1. The minimum atomic E-state index is -0.345. The highest BCUT2D eigenvalue weighted by Gasteiger charge is 2.15. The van der Waals surface area contributed by atoms with Gasteiger partial charge in [-0.05, 0) is 25.0 Å². The lowest BCUT2D eigenvalue weighted by Gasteiger charge is -2.11. The summed E-state index contributed by atoms with van der Waals surface area (Å²) in [7, 11) is 0. The summed E-state index contributed by atoms with van der Waals surface area (Å²) in [4.78, 5) is 25.1. The van der Waals surface area contributed by atoms with E-state index >= 15 is 0 Å². The Hall–Kier alpha value is -4.52. The van der Waals surface area contributed by atoms with Crippen LogP contribution in [0.4, 0.5) is 0 Å². The number of hydrogen-bond acceptors (Lipinski definition) is 7. The molecule has 1 heterocycles. The minimum Gasteiger partial charge on any atom is -0.507 e. The predicted molar refractivity (Wildman–Crippen MR) is 166 cm³/mol. The molecule has 42 heavy (non-hydrogen) atoms. The molecule has 0 saturated carbocycles. The van der Waals surface area contributed by atoms with Crippen molar-refractivity contribution in [1.29, 1.82) is 0 Å². The highest BCUT2D eigenvalue weighted by Crippen LogP contribution is 2.32. The van der Waals surface area contributed by atoms with E-state index in [1.54, 1.807) is 12.1 Å². The van der Waals surface area contributed by atoms with E-state index in [1.165, 1.54) is 38.2 Å². The number of phenols is 1. The Morgan fingerprint density at radius 3 is 1.69 bits per heavy atom. The number of carbonyl (C=O) groups excluding carboxylic acids is 1. The zero-order chi connectivity index (χ0) is 29.4. The zero-order valence-electron chi connectivity index (χ0n) is 24.1. The lowest BCUT2D eigenvalue weighted by atomic mass is 10.1. The monoisotopic (exact) mass is 565 g/mol. The van der Waals surface area contributed by atoms with Gasteiger partial charge in [-0.1, -0.05) is 112 Å². The van der Waals surface area contributed by atoms with Gasteiger partial charge in [0.2, 0.25) is 0 Å². The van der Waals surface area contributed by atoms with Crippen molar-refractivity contribution in [1.82, 2.24) is 15.0 Å². The Morgan fingerprint density at radius 1 is 0.667 bits per heavy atom. The summed E-state index contributed by atoms with van der Waals surface area (Å²) in [5.74, 6) is 1.84. The lowest BCUT2D eigenvalue weighted by Crippen LogP contribution is -2.01. The second-order valence-electron chi connectivity index (χ2n) is 10.1. The van der Waals surface area contributed by atoms with Crippen molar-refractivity contribution in [2.24, 2.45) is 0 Å². The molecule has 0 saturated heterocycles. The van der Waals surface area contributed by atoms with Crippen molar-refractivity contribution in [2.75, 3.05) is 13.2 Å². The molecule has 218 valence electrons. The molecule has 0 radical (unpaired) electrons. The molecular weight excluding hydrogens is 526 g/mol. The van der Waals surface area contributed by atoms with Crippen LogP contribution in [-0.4, -0.2) is 39.2 Å². The number of hydrogen-bond donors (Lipinski definition) is 1. The molecule has 1 aromatic heterocycles. The summed E-state index contributed by atoms with van der Waals surface area (Å²) in [5, 5.41) is 10.9. The maximum atomic E-state index is 11.0. The number of carbonyl (C=O) groups is 1. The third-order valence-electron chi connectivity index (χ3n) is 6.88. The molecule has 0 aliphatic rings. The van der Waals surface area contributed by atoms with Gasteiger partial charge in [-0.15, -0.1) is 0 Å². The fourth-order valence-electron chi connectivity index (χ4n) is 4.58. The van der Waals surface area contributed by atoms with E-state index in [0.29, 0.717) is 42.0 Å². The number of rotatable bonds is 17. The van der Waals surface area contributed by atoms with Crippen LogP contribution in [0.5, 0.6) is 11.5 Å². The van der Waals surface area contributed by atoms with Crippen molar-refractivity contribution in [2.45, 2.75) is 57.8 Å². The van der Waals surface area contributed by atoms with E-state index in [2.05, 4.69) is 6.58 Å². The van der Waals surface area contributed by atoms with Gasteiger partial charge in [0, 0.05) is 23.3 Å². The number of phenolic OH excluding ortho intramolecular Hbond substituents is 1. The summed E-state index contributed by atoms with van der Waals surface area (Å²) < 4.78 is 10.9. The molecule has 0 aliphatic carbocycles. The van der Waals surface area contributed by atoms with Crippen LogP contribution in [0.1, 0.15) is 57.8 Å². The average Bonchev–Trinajstić information content (AvgIpc) is 3.03.